The van der Waals surface area contributed by atoms with Crippen molar-refractivity contribution in [1.29, 1.82) is 0 Å². The van der Waals surface area contributed by atoms with Crippen molar-refractivity contribution in [3.63, 3.8) is 0 Å². The number of guanidine groups is 1. The number of hydrogen-bond donors (Lipinski definition) is 2. The van der Waals surface area contributed by atoms with E-state index in [4.69, 9.17) is 0 Å². The van der Waals surface area contributed by atoms with Crippen molar-refractivity contribution in [1.82, 2.24) is 15.5 Å². The zero-order valence-corrected chi connectivity index (χ0v) is 16.4. The van der Waals surface area contributed by atoms with E-state index in [2.05, 4.69) is 72.3 Å². The van der Waals surface area contributed by atoms with Crippen LogP contribution in [0.4, 0.5) is 0 Å². The minimum Gasteiger partial charge on any atom is -0.353 e. The molecule has 0 radical (unpaired) electrons. The molecule has 1 aromatic carbocycles. The summed E-state index contributed by atoms with van der Waals surface area (Å²) in [6, 6.07) is 9.06. The lowest BCUT2D eigenvalue weighted by Crippen LogP contribution is -2.37. The monoisotopic (exact) mass is 416 g/mol. The van der Waals surface area contributed by atoms with Gasteiger partial charge in [0, 0.05) is 32.7 Å². The van der Waals surface area contributed by atoms with E-state index in [-0.39, 0.29) is 24.0 Å². The SMILES string of the molecule is C=CCNC(=NC)NCc1ccccc1CN(C)C(C)C.I. The van der Waals surface area contributed by atoms with Gasteiger partial charge in [-0.3, -0.25) is 9.89 Å². The van der Waals surface area contributed by atoms with Gasteiger partial charge in [0.25, 0.3) is 0 Å². The summed E-state index contributed by atoms with van der Waals surface area (Å²) in [5.41, 5.74) is 2.65. The van der Waals surface area contributed by atoms with Gasteiger partial charge in [-0.2, -0.15) is 0 Å². The molecular formula is C17H29IN4. The van der Waals surface area contributed by atoms with Crippen LogP contribution in [0.15, 0.2) is 41.9 Å². The van der Waals surface area contributed by atoms with Gasteiger partial charge in [-0.05, 0) is 32.0 Å². The van der Waals surface area contributed by atoms with Crippen molar-refractivity contribution < 1.29 is 0 Å². The minimum atomic E-state index is 0. The quantitative estimate of drug-likeness (QED) is 0.311. The van der Waals surface area contributed by atoms with Crippen molar-refractivity contribution in [2.45, 2.75) is 33.0 Å². The maximum atomic E-state index is 4.20. The third-order valence-corrected chi connectivity index (χ3v) is 3.50. The molecular weight excluding hydrogens is 387 g/mol. The first-order valence-corrected chi connectivity index (χ1v) is 7.41. The summed E-state index contributed by atoms with van der Waals surface area (Å²) < 4.78 is 0. The van der Waals surface area contributed by atoms with E-state index < -0.39 is 0 Å². The second-order valence-electron chi connectivity index (χ2n) is 5.37. The molecule has 0 spiro atoms. The van der Waals surface area contributed by atoms with Gasteiger partial charge >= 0.3 is 0 Å². The first kappa shape index (κ1) is 20.9. The Morgan fingerprint density at radius 1 is 1.27 bits per heavy atom. The molecule has 0 amide bonds. The maximum Gasteiger partial charge on any atom is 0.191 e. The van der Waals surface area contributed by atoms with Crippen molar-refractivity contribution >= 4 is 29.9 Å². The van der Waals surface area contributed by atoms with Gasteiger partial charge in [-0.25, -0.2) is 0 Å². The van der Waals surface area contributed by atoms with Gasteiger partial charge in [-0.1, -0.05) is 30.3 Å². The maximum absolute atomic E-state index is 4.20. The molecule has 0 aliphatic heterocycles. The van der Waals surface area contributed by atoms with Crippen LogP contribution in [0.2, 0.25) is 0 Å². The Balaban J connectivity index is 0.00000441. The first-order valence-electron chi connectivity index (χ1n) is 7.41. The summed E-state index contributed by atoms with van der Waals surface area (Å²) in [6.45, 7) is 10.5. The largest absolute Gasteiger partial charge is 0.353 e. The average molecular weight is 416 g/mol. The van der Waals surface area contributed by atoms with E-state index >= 15 is 0 Å². The normalized spacial score (nSPS) is 11.3. The molecule has 0 heterocycles. The number of halogens is 1. The molecule has 0 bridgehead atoms. The van der Waals surface area contributed by atoms with Crippen LogP contribution in [0.3, 0.4) is 0 Å². The highest BCUT2D eigenvalue weighted by molar-refractivity contribution is 14.0. The molecule has 0 saturated carbocycles. The number of nitrogens with zero attached hydrogens (tertiary/aromatic N) is 2. The van der Waals surface area contributed by atoms with Crippen LogP contribution in [0.1, 0.15) is 25.0 Å². The van der Waals surface area contributed by atoms with E-state index in [1.807, 2.05) is 6.08 Å². The fourth-order valence-corrected chi connectivity index (χ4v) is 1.90. The molecule has 0 unspecified atom stereocenters. The van der Waals surface area contributed by atoms with Crippen LogP contribution in [0, 0.1) is 0 Å². The predicted octanol–water partition coefficient (Wildman–Crippen LogP) is 3.00. The molecule has 0 aromatic heterocycles. The topological polar surface area (TPSA) is 39.7 Å². The summed E-state index contributed by atoms with van der Waals surface area (Å²) in [6.07, 6.45) is 1.82. The van der Waals surface area contributed by atoms with Crippen LogP contribution in [-0.4, -0.2) is 37.5 Å². The lowest BCUT2D eigenvalue weighted by Gasteiger charge is -2.23. The van der Waals surface area contributed by atoms with Crippen LogP contribution in [-0.2, 0) is 13.1 Å². The lowest BCUT2D eigenvalue weighted by atomic mass is 10.1. The molecule has 0 aliphatic rings. The summed E-state index contributed by atoms with van der Waals surface area (Å²) in [5, 5.41) is 6.51. The Morgan fingerprint density at radius 2 is 1.91 bits per heavy atom. The zero-order chi connectivity index (χ0) is 15.7. The number of nitrogens with one attached hydrogen (secondary N) is 2. The van der Waals surface area contributed by atoms with Crippen molar-refractivity contribution in [3.8, 4) is 0 Å². The number of hydrogen-bond acceptors (Lipinski definition) is 2. The molecule has 2 N–H and O–H groups in total. The van der Waals surface area contributed by atoms with Crippen LogP contribution < -0.4 is 10.6 Å². The lowest BCUT2D eigenvalue weighted by molar-refractivity contribution is 0.265. The molecule has 0 fully saturated rings. The van der Waals surface area contributed by atoms with Gasteiger partial charge in [0.05, 0.1) is 0 Å². The van der Waals surface area contributed by atoms with E-state index in [0.29, 0.717) is 12.6 Å². The van der Waals surface area contributed by atoms with Gasteiger partial charge in [0.1, 0.15) is 0 Å². The Bertz CT molecular complexity index is 471. The highest BCUT2D eigenvalue weighted by atomic mass is 127. The van der Waals surface area contributed by atoms with Crippen molar-refractivity contribution in [2.75, 3.05) is 20.6 Å². The van der Waals surface area contributed by atoms with E-state index in [9.17, 15) is 0 Å². The van der Waals surface area contributed by atoms with Crippen LogP contribution >= 0.6 is 24.0 Å². The number of aliphatic imine (C=N–C) groups is 1. The van der Waals surface area contributed by atoms with Crippen LogP contribution in [0.5, 0.6) is 0 Å². The minimum absolute atomic E-state index is 0. The zero-order valence-electron chi connectivity index (χ0n) is 14.1. The molecule has 1 rings (SSSR count). The summed E-state index contributed by atoms with van der Waals surface area (Å²) in [7, 11) is 3.93. The second kappa shape index (κ2) is 11.5. The number of benzene rings is 1. The second-order valence-corrected chi connectivity index (χ2v) is 5.37. The molecule has 22 heavy (non-hydrogen) atoms. The highest BCUT2D eigenvalue weighted by Gasteiger charge is 2.08. The van der Waals surface area contributed by atoms with Gasteiger partial charge in [0.2, 0.25) is 0 Å². The molecule has 124 valence electrons. The Morgan fingerprint density at radius 3 is 2.45 bits per heavy atom. The van der Waals surface area contributed by atoms with Gasteiger partial charge in [0.15, 0.2) is 5.96 Å². The summed E-state index contributed by atoms with van der Waals surface area (Å²) >= 11 is 0. The number of rotatable bonds is 7. The van der Waals surface area contributed by atoms with E-state index in [1.165, 1.54) is 11.1 Å². The predicted molar refractivity (Wildman–Crippen MR) is 107 cm³/mol. The molecule has 4 nitrogen and oxygen atoms in total. The first-order chi connectivity index (χ1) is 10.1. The summed E-state index contributed by atoms with van der Waals surface area (Å²) in [5.74, 6) is 0.793. The standard InChI is InChI=1S/C17H28N4.HI/c1-6-11-19-17(18-4)20-12-15-9-7-8-10-16(15)13-21(5)14(2)3;/h6-10,14H,1,11-13H2,2-5H3,(H2,18,19,20);1H. The highest BCUT2D eigenvalue weighted by Crippen LogP contribution is 2.12. The molecule has 0 atom stereocenters. The fraction of sp³-hybridized carbons (Fsp3) is 0.471. The van der Waals surface area contributed by atoms with Crippen molar-refractivity contribution in [2.24, 2.45) is 4.99 Å². The van der Waals surface area contributed by atoms with E-state index in [0.717, 1.165) is 19.0 Å². The molecule has 5 heteroatoms. The molecule has 0 saturated heterocycles. The Kier molecular flexibility index (Phi) is 10.9. The fourth-order valence-electron chi connectivity index (χ4n) is 1.90. The van der Waals surface area contributed by atoms with Crippen molar-refractivity contribution in [3.05, 3.63) is 48.0 Å². The smallest absolute Gasteiger partial charge is 0.191 e. The van der Waals surface area contributed by atoms with Crippen LogP contribution in [0.25, 0.3) is 0 Å². The summed E-state index contributed by atoms with van der Waals surface area (Å²) in [4.78, 5) is 6.53. The van der Waals surface area contributed by atoms with E-state index in [1.54, 1.807) is 7.05 Å². The van der Waals surface area contributed by atoms with Gasteiger partial charge < -0.3 is 10.6 Å². The Hall–Kier alpha value is -1.08. The average Bonchev–Trinajstić information content (AvgIpc) is 2.48. The third-order valence-electron chi connectivity index (χ3n) is 3.50. The van der Waals surface area contributed by atoms with Gasteiger partial charge in [-0.15, -0.1) is 30.6 Å². The Labute approximate surface area is 152 Å². The molecule has 1 aromatic rings. The third kappa shape index (κ3) is 7.26. The molecule has 0 aliphatic carbocycles.